The minimum absolute atomic E-state index is 0.257. The zero-order chi connectivity index (χ0) is 11.1. The zero-order valence-corrected chi connectivity index (χ0v) is 9.12. The van der Waals surface area contributed by atoms with Gasteiger partial charge in [-0.25, -0.2) is 0 Å². The second-order valence-corrected chi connectivity index (χ2v) is 3.56. The molecule has 1 rings (SSSR count). The summed E-state index contributed by atoms with van der Waals surface area (Å²) in [6.07, 6.45) is 2.00. The minimum atomic E-state index is -0.309. The molecule has 0 saturated heterocycles. The SMILES string of the molecule is CCc1ccc(CCNCC(N)=O)cc1. The predicted octanol–water partition coefficient (Wildman–Crippen LogP) is 0.866. The Morgan fingerprint density at radius 2 is 1.87 bits per heavy atom. The van der Waals surface area contributed by atoms with Crippen molar-refractivity contribution in [2.75, 3.05) is 13.1 Å². The van der Waals surface area contributed by atoms with Gasteiger partial charge >= 0.3 is 0 Å². The maximum Gasteiger partial charge on any atom is 0.231 e. The molecule has 0 spiro atoms. The summed E-state index contributed by atoms with van der Waals surface area (Å²) in [6.45, 7) is 3.19. The van der Waals surface area contributed by atoms with Crippen molar-refractivity contribution in [1.29, 1.82) is 0 Å². The second kappa shape index (κ2) is 6.19. The molecule has 1 amide bonds. The van der Waals surface area contributed by atoms with E-state index in [0.29, 0.717) is 0 Å². The lowest BCUT2D eigenvalue weighted by Gasteiger charge is -2.03. The normalized spacial score (nSPS) is 10.2. The summed E-state index contributed by atoms with van der Waals surface area (Å²) in [4.78, 5) is 10.5. The van der Waals surface area contributed by atoms with E-state index >= 15 is 0 Å². The molecule has 82 valence electrons. The van der Waals surface area contributed by atoms with Crippen molar-refractivity contribution in [3.63, 3.8) is 0 Å². The number of aryl methyl sites for hydroxylation is 1. The molecule has 15 heavy (non-hydrogen) atoms. The van der Waals surface area contributed by atoms with E-state index in [1.165, 1.54) is 11.1 Å². The van der Waals surface area contributed by atoms with E-state index in [2.05, 4.69) is 36.5 Å². The molecule has 0 aliphatic carbocycles. The Morgan fingerprint density at radius 3 is 2.40 bits per heavy atom. The molecule has 0 heterocycles. The molecule has 3 N–H and O–H groups in total. The lowest BCUT2D eigenvalue weighted by Crippen LogP contribution is -2.29. The summed E-state index contributed by atoms with van der Waals surface area (Å²) in [7, 11) is 0. The molecule has 0 aliphatic rings. The summed E-state index contributed by atoms with van der Waals surface area (Å²) >= 11 is 0. The lowest BCUT2D eigenvalue weighted by molar-refractivity contribution is -0.117. The van der Waals surface area contributed by atoms with Gasteiger partial charge in [-0.05, 0) is 30.5 Å². The number of amides is 1. The van der Waals surface area contributed by atoms with E-state index in [-0.39, 0.29) is 12.5 Å². The van der Waals surface area contributed by atoms with Crippen LogP contribution in [0.4, 0.5) is 0 Å². The second-order valence-electron chi connectivity index (χ2n) is 3.56. The Morgan fingerprint density at radius 1 is 1.27 bits per heavy atom. The van der Waals surface area contributed by atoms with Gasteiger partial charge in [0.15, 0.2) is 0 Å². The largest absolute Gasteiger partial charge is 0.369 e. The van der Waals surface area contributed by atoms with E-state index in [1.807, 2.05) is 0 Å². The van der Waals surface area contributed by atoms with Crippen LogP contribution >= 0.6 is 0 Å². The maximum atomic E-state index is 10.5. The van der Waals surface area contributed by atoms with Gasteiger partial charge in [0.1, 0.15) is 0 Å². The number of nitrogens with one attached hydrogen (secondary N) is 1. The first-order valence-electron chi connectivity index (χ1n) is 5.29. The molecular weight excluding hydrogens is 188 g/mol. The smallest absolute Gasteiger partial charge is 0.231 e. The molecular formula is C12H18N2O. The number of nitrogens with two attached hydrogens (primary N) is 1. The van der Waals surface area contributed by atoms with Crippen molar-refractivity contribution >= 4 is 5.91 Å². The van der Waals surface area contributed by atoms with Crippen molar-refractivity contribution in [1.82, 2.24) is 5.32 Å². The van der Waals surface area contributed by atoms with Gasteiger partial charge in [0.25, 0.3) is 0 Å². The fourth-order valence-corrected chi connectivity index (χ4v) is 1.39. The van der Waals surface area contributed by atoms with E-state index < -0.39 is 0 Å². The molecule has 0 aromatic heterocycles. The van der Waals surface area contributed by atoms with Gasteiger partial charge in [0.05, 0.1) is 6.54 Å². The first-order valence-corrected chi connectivity index (χ1v) is 5.29. The van der Waals surface area contributed by atoms with Crippen LogP contribution in [0.2, 0.25) is 0 Å². The standard InChI is InChI=1S/C12H18N2O/c1-2-10-3-5-11(6-4-10)7-8-14-9-12(13)15/h3-6,14H,2,7-9H2,1H3,(H2,13,15). The van der Waals surface area contributed by atoms with Crippen LogP contribution in [0.5, 0.6) is 0 Å². The predicted molar refractivity (Wildman–Crippen MR) is 61.6 cm³/mol. The highest BCUT2D eigenvalue weighted by Crippen LogP contribution is 2.04. The third-order valence-electron chi connectivity index (χ3n) is 2.32. The third-order valence-corrected chi connectivity index (χ3v) is 2.32. The van der Waals surface area contributed by atoms with Crippen LogP contribution < -0.4 is 11.1 Å². The van der Waals surface area contributed by atoms with Crippen LogP contribution in [0, 0.1) is 0 Å². The van der Waals surface area contributed by atoms with Crippen molar-refractivity contribution in [3.8, 4) is 0 Å². The number of carbonyl (C=O) groups is 1. The molecule has 0 saturated carbocycles. The number of rotatable bonds is 6. The Bertz CT molecular complexity index is 306. The van der Waals surface area contributed by atoms with Crippen LogP contribution in [0.1, 0.15) is 18.1 Å². The molecule has 0 bridgehead atoms. The fraction of sp³-hybridized carbons (Fsp3) is 0.417. The average Bonchev–Trinajstić information content (AvgIpc) is 2.25. The monoisotopic (exact) mass is 206 g/mol. The van der Waals surface area contributed by atoms with Gasteiger partial charge in [0.2, 0.25) is 5.91 Å². The highest BCUT2D eigenvalue weighted by molar-refractivity contribution is 5.75. The van der Waals surface area contributed by atoms with Crippen LogP contribution in [0.25, 0.3) is 0 Å². The topological polar surface area (TPSA) is 55.1 Å². The highest BCUT2D eigenvalue weighted by atomic mass is 16.1. The lowest BCUT2D eigenvalue weighted by atomic mass is 10.1. The zero-order valence-electron chi connectivity index (χ0n) is 9.12. The van der Waals surface area contributed by atoms with Gasteiger partial charge in [-0.2, -0.15) is 0 Å². The van der Waals surface area contributed by atoms with Gasteiger partial charge in [0, 0.05) is 0 Å². The summed E-state index contributed by atoms with van der Waals surface area (Å²) in [6, 6.07) is 8.54. The molecule has 0 atom stereocenters. The van der Waals surface area contributed by atoms with E-state index in [9.17, 15) is 4.79 Å². The van der Waals surface area contributed by atoms with Gasteiger partial charge in [-0.1, -0.05) is 31.2 Å². The fourth-order valence-electron chi connectivity index (χ4n) is 1.39. The Kier molecular flexibility index (Phi) is 4.84. The summed E-state index contributed by atoms with van der Waals surface area (Å²) in [5.41, 5.74) is 7.64. The molecule has 1 aromatic carbocycles. The minimum Gasteiger partial charge on any atom is -0.369 e. The summed E-state index contributed by atoms with van der Waals surface area (Å²) < 4.78 is 0. The van der Waals surface area contributed by atoms with E-state index in [4.69, 9.17) is 5.73 Å². The van der Waals surface area contributed by atoms with Crippen molar-refractivity contribution in [2.45, 2.75) is 19.8 Å². The van der Waals surface area contributed by atoms with E-state index in [0.717, 1.165) is 19.4 Å². The first-order chi connectivity index (χ1) is 7.22. The number of primary amides is 1. The molecule has 3 heteroatoms. The third kappa shape index (κ3) is 4.61. The van der Waals surface area contributed by atoms with Crippen LogP contribution in [0.15, 0.2) is 24.3 Å². The van der Waals surface area contributed by atoms with Crippen LogP contribution in [-0.2, 0) is 17.6 Å². The van der Waals surface area contributed by atoms with Crippen LogP contribution in [-0.4, -0.2) is 19.0 Å². The van der Waals surface area contributed by atoms with Crippen molar-refractivity contribution in [3.05, 3.63) is 35.4 Å². The molecule has 3 nitrogen and oxygen atoms in total. The summed E-state index contributed by atoms with van der Waals surface area (Å²) in [5.74, 6) is -0.309. The average molecular weight is 206 g/mol. The van der Waals surface area contributed by atoms with Gasteiger partial charge < -0.3 is 11.1 Å². The number of carbonyl (C=O) groups excluding carboxylic acids is 1. The van der Waals surface area contributed by atoms with Crippen molar-refractivity contribution < 1.29 is 4.79 Å². The Balaban J connectivity index is 2.28. The maximum absolute atomic E-state index is 10.5. The van der Waals surface area contributed by atoms with Crippen molar-refractivity contribution in [2.24, 2.45) is 5.73 Å². The molecule has 0 unspecified atom stereocenters. The molecule has 0 radical (unpaired) electrons. The Hall–Kier alpha value is -1.35. The van der Waals surface area contributed by atoms with Gasteiger partial charge in [-0.3, -0.25) is 4.79 Å². The van der Waals surface area contributed by atoms with Gasteiger partial charge in [-0.15, -0.1) is 0 Å². The quantitative estimate of drug-likeness (QED) is 0.678. The highest BCUT2D eigenvalue weighted by Gasteiger charge is 1.95. The van der Waals surface area contributed by atoms with E-state index in [1.54, 1.807) is 0 Å². The molecule has 0 aliphatic heterocycles. The molecule has 1 aromatic rings. The number of hydrogen-bond acceptors (Lipinski definition) is 2. The number of hydrogen-bond donors (Lipinski definition) is 2. The summed E-state index contributed by atoms with van der Waals surface area (Å²) in [5, 5.41) is 2.99. The first kappa shape index (κ1) is 11.7. The molecule has 0 fully saturated rings. The Labute approximate surface area is 90.7 Å². The number of benzene rings is 1. The van der Waals surface area contributed by atoms with Crippen LogP contribution in [0.3, 0.4) is 0 Å².